The van der Waals surface area contributed by atoms with Gasteiger partial charge in [0.25, 0.3) is 5.91 Å². The van der Waals surface area contributed by atoms with E-state index < -0.39 is 15.7 Å². The predicted octanol–water partition coefficient (Wildman–Crippen LogP) is 2.39. The second-order valence-corrected chi connectivity index (χ2v) is 8.22. The van der Waals surface area contributed by atoms with Gasteiger partial charge in [0, 0.05) is 5.56 Å². The van der Waals surface area contributed by atoms with Gasteiger partial charge >= 0.3 is 0 Å². The van der Waals surface area contributed by atoms with Crippen molar-refractivity contribution in [3.8, 4) is 0 Å². The van der Waals surface area contributed by atoms with E-state index in [0.717, 1.165) is 17.3 Å². The first-order chi connectivity index (χ1) is 11.9. The van der Waals surface area contributed by atoms with Crippen LogP contribution in [0.25, 0.3) is 11.0 Å². The molecule has 1 atom stereocenters. The van der Waals surface area contributed by atoms with Crippen LogP contribution in [0.5, 0.6) is 0 Å². The minimum Gasteiger partial charge on any atom is -0.288 e. The summed E-state index contributed by atoms with van der Waals surface area (Å²) in [4.78, 5) is 11.5. The summed E-state index contributed by atoms with van der Waals surface area (Å²) in [6.07, 6.45) is 0. The largest absolute Gasteiger partial charge is 0.288 e. The maximum atomic E-state index is 12.7. The van der Waals surface area contributed by atoms with E-state index in [0.29, 0.717) is 16.6 Å². The number of hydrogen-bond acceptors (Lipinski definition) is 7. The second kappa shape index (κ2) is 6.87. The lowest BCUT2D eigenvalue weighted by atomic mass is 10.0. The number of nitrogens with one attached hydrogen (secondary N) is 1. The zero-order valence-corrected chi connectivity index (χ0v) is 14.8. The van der Waals surface area contributed by atoms with E-state index in [2.05, 4.69) is 8.75 Å². The molecule has 1 amide bonds. The topological polar surface area (TPSA) is 109 Å². The van der Waals surface area contributed by atoms with Gasteiger partial charge in [0.1, 0.15) is 11.0 Å². The maximum absolute atomic E-state index is 12.7. The molecule has 0 fully saturated rings. The minimum atomic E-state index is -3.49. The van der Waals surface area contributed by atoms with E-state index in [1.165, 1.54) is 18.2 Å². The Hall–Kier alpha value is -2.36. The summed E-state index contributed by atoms with van der Waals surface area (Å²) in [7, 11) is -3.49. The summed E-state index contributed by atoms with van der Waals surface area (Å²) in [5.41, 5.74) is 3.88. The van der Waals surface area contributed by atoms with Gasteiger partial charge in [-0.15, -0.1) is 0 Å². The Morgan fingerprint density at radius 1 is 1.16 bits per heavy atom. The monoisotopic (exact) mass is 377 g/mol. The number of hydroxylamine groups is 1. The predicted molar refractivity (Wildman–Crippen MR) is 93.6 cm³/mol. The Labute approximate surface area is 148 Å². The number of nitrogens with zero attached hydrogens (tertiary/aromatic N) is 2. The van der Waals surface area contributed by atoms with Crippen LogP contribution in [0, 0.1) is 0 Å². The molecule has 3 aromatic rings. The van der Waals surface area contributed by atoms with Crippen LogP contribution < -0.4 is 5.48 Å². The Morgan fingerprint density at radius 3 is 2.52 bits per heavy atom. The molecule has 25 heavy (non-hydrogen) atoms. The zero-order chi connectivity index (χ0) is 18.0. The number of rotatable bonds is 5. The molecule has 1 heterocycles. The van der Waals surface area contributed by atoms with Crippen LogP contribution >= 0.6 is 11.7 Å². The van der Waals surface area contributed by atoms with Crippen molar-refractivity contribution in [2.45, 2.75) is 17.7 Å². The molecule has 2 N–H and O–H groups in total. The smallest absolute Gasteiger partial charge is 0.274 e. The van der Waals surface area contributed by atoms with Gasteiger partial charge in [0.05, 0.1) is 22.4 Å². The SMILES string of the molecule is CC(CS(=O)(=O)c1ccc2nsnc2c1)c1ccc(C(=O)NO)cc1. The Balaban J connectivity index is 1.80. The molecule has 130 valence electrons. The van der Waals surface area contributed by atoms with E-state index in [-0.39, 0.29) is 16.6 Å². The van der Waals surface area contributed by atoms with Crippen molar-refractivity contribution in [2.75, 3.05) is 5.75 Å². The molecule has 0 aliphatic carbocycles. The first kappa shape index (κ1) is 17.5. The van der Waals surface area contributed by atoms with Gasteiger partial charge in [-0.05, 0) is 41.8 Å². The quantitative estimate of drug-likeness (QED) is 0.522. The molecule has 0 spiro atoms. The second-order valence-electron chi connectivity index (χ2n) is 5.66. The summed E-state index contributed by atoms with van der Waals surface area (Å²) in [6, 6.07) is 11.2. The van der Waals surface area contributed by atoms with Gasteiger partial charge in [-0.3, -0.25) is 10.0 Å². The van der Waals surface area contributed by atoms with Gasteiger partial charge in [0.15, 0.2) is 9.84 Å². The fourth-order valence-electron chi connectivity index (χ4n) is 2.50. The zero-order valence-electron chi connectivity index (χ0n) is 13.2. The van der Waals surface area contributed by atoms with Crippen LogP contribution in [0.3, 0.4) is 0 Å². The van der Waals surface area contributed by atoms with Crippen LogP contribution in [0.1, 0.15) is 28.8 Å². The molecule has 1 aromatic heterocycles. The minimum absolute atomic E-state index is 0.0678. The van der Waals surface area contributed by atoms with Gasteiger partial charge in [-0.1, -0.05) is 19.1 Å². The molecular formula is C16H15N3O4S2. The number of hydrogen-bond donors (Lipinski definition) is 2. The van der Waals surface area contributed by atoms with Gasteiger partial charge in [-0.2, -0.15) is 8.75 Å². The Bertz CT molecular complexity index is 1010. The number of aromatic nitrogens is 2. The first-order valence-corrected chi connectivity index (χ1v) is 9.78. The summed E-state index contributed by atoms with van der Waals surface area (Å²) in [6.45, 7) is 1.81. The van der Waals surface area contributed by atoms with E-state index >= 15 is 0 Å². The fourth-order valence-corrected chi connectivity index (χ4v) is 4.63. The number of sulfone groups is 1. The highest BCUT2D eigenvalue weighted by molar-refractivity contribution is 7.91. The van der Waals surface area contributed by atoms with Gasteiger partial charge in [-0.25, -0.2) is 13.9 Å². The summed E-state index contributed by atoms with van der Waals surface area (Å²) in [5, 5.41) is 8.62. The molecule has 2 aromatic carbocycles. The molecule has 9 heteroatoms. The molecule has 0 radical (unpaired) electrons. The molecule has 0 aliphatic rings. The lowest BCUT2D eigenvalue weighted by molar-refractivity contribution is 0.0706. The highest BCUT2D eigenvalue weighted by atomic mass is 32.2. The third kappa shape index (κ3) is 3.68. The van der Waals surface area contributed by atoms with Crippen molar-refractivity contribution in [3.63, 3.8) is 0 Å². The summed E-state index contributed by atoms with van der Waals surface area (Å²) < 4.78 is 33.5. The van der Waals surface area contributed by atoms with E-state index in [1.807, 2.05) is 6.92 Å². The standard InChI is InChI=1S/C16H15N3O4S2/c1-10(11-2-4-12(5-3-11)16(20)17-21)9-25(22,23)13-6-7-14-15(8-13)19-24-18-14/h2-8,10,21H,9H2,1H3,(H,17,20). The first-order valence-electron chi connectivity index (χ1n) is 7.40. The van der Waals surface area contributed by atoms with Crippen molar-refractivity contribution >= 4 is 38.5 Å². The molecule has 0 saturated carbocycles. The number of amides is 1. The van der Waals surface area contributed by atoms with Crippen LogP contribution in [0.4, 0.5) is 0 Å². The highest BCUT2D eigenvalue weighted by Crippen LogP contribution is 2.24. The van der Waals surface area contributed by atoms with E-state index in [9.17, 15) is 13.2 Å². The number of carbonyl (C=O) groups excluding carboxylic acids is 1. The Kier molecular flexibility index (Phi) is 4.80. The lowest BCUT2D eigenvalue weighted by Gasteiger charge is -2.13. The van der Waals surface area contributed by atoms with Crippen molar-refractivity contribution in [3.05, 3.63) is 53.6 Å². The van der Waals surface area contributed by atoms with Crippen molar-refractivity contribution in [1.82, 2.24) is 14.2 Å². The fraction of sp³-hybridized carbons (Fsp3) is 0.188. The van der Waals surface area contributed by atoms with Gasteiger partial charge in [0.2, 0.25) is 0 Å². The summed E-state index contributed by atoms with van der Waals surface area (Å²) >= 11 is 1.04. The van der Waals surface area contributed by atoms with Crippen molar-refractivity contribution < 1.29 is 18.4 Å². The highest BCUT2D eigenvalue weighted by Gasteiger charge is 2.21. The molecule has 0 saturated heterocycles. The average molecular weight is 377 g/mol. The van der Waals surface area contributed by atoms with Crippen LogP contribution in [-0.2, 0) is 9.84 Å². The Morgan fingerprint density at radius 2 is 1.84 bits per heavy atom. The van der Waals surface area contributed by atoms with Crippen molar-refractivity contribution in [2.24, 2.45) is 0 Å². The lowest BCUT2D eigenvalue weighted by Crippen LogP contribution is -2.18. The molecule has 0 bridgehead atoms. The molecule has 0 aliphatic heterocycles. The average Bonchev–Trinajstić information content (AvgIpc) is 3.08. The third-order valence-corrected chi connectivity index (χ3v) is 6.36. The molecule has 7 nitrogen and oxygen atoms in total. The van der Waals surface area contributed by atoms with E-state index in [1.54, 1.807) is 29.7 Å². The third-order valence-electron chi connectivity index (χ3n) is 3.90. The van der Waals surface area contributed by atoms with Crippen molar-refractivity contribution in [1.29, 1.82) is 0 Å². The molecular weight excluding hydrogens is 362 g/mol. The maximum Gasteiger partial charge on any atom is 0.274 e. The number of carbonyl (C=O) groups is 1. The van der Waals surface area contributed by atoms with Gasteiger partial charge < -0.3 is 0 Å². The van der Waals surface area contributed by atoms with Crippen LogP contribution in [0.15, 0.2) is 47.4 Å². The summed E-state index contributed by atoms with van der Waals surface area (Å²) in [5.74, 6) is -0.945. The van der Waals surface area contributed by atoms with E-state index in [4.69, 9.17) is 5.21 Å². The molecule has 3 rings (SSSR count). The normalized spacial score (nSPS) is 12.9. The van der Waals surface area contributed by atoms with Crippen LogP contribution in [0.2, 0.25) is 0 Å². The van der Waals surface area contributed by atoms with Crippen LogP contribution in [-0.4, -0.2) is 34.0 Å². The number of fused-ring (bicyclic) bond motifs is 1. The molecule has 1 unspecified atom stereocenters. The number of benzene rings is 2.